The van der Waals surface area contributed by atoms with E-state index >= 15 is 0 Å². The first-order valence-electron chi connectivity index (χ1n) is 8.32. The molecule has 1 fully saturated rings. The minimum absolute atomic E-state index is 0.00536. The number of nitriles is 1. The van der Waals surface area contributed by atoms with E-state index in [0.29, 0.717) is 23.0 Å². The van der Waals surface area contributed by atoms with Gasteiger partial charge in [-0.05, 0) is 36.8 Å². The lowest BCUT2D eigenvalue weighted by atomic mass is 9.79. The highest BCUT2D eigenvalue weighted by atomic mass is 32.2. The molecule has 1 aromatic carbocycles. The van der Waals surface area contributed by atoms with Gasteiger partial charge in [-0.2, -0.15) is 25.8 Å². The molecule has 2 N–H and O–H groups in total. The third-order valence-electron chi connectivity index (χ3n) is 4.56. The number of ether oxygens (including phenoxy) is 1. The zero-order valence-corrected chi connectivity index (χ0v) is 15.0. The van der Waals surface area contributed by atoms with Crippen LogP contribution in [0.2, 0.25) is 0 Å². The lowest BCUT2D eigenvalue weighted by molar-refractivity contribution is -0.0497. The van der Waals surface area contributed by atoms with Gasteiger partial charge in [-0.1, -0.05) is 6.92 Å². The Morgan fingerprint density at radius 3 is 2.96 bits per heavy atom. The van der Waals surface area contributed by atoms with Crippen LogP contribution in [-0.2, 0) is 0 Å². The molecule has 8 heteroatoms. The number of rotatable bonds is 7. The molecule has 26 heavy (non-hydrogen) atoms. The Hall–Kier alpha value is -2.11. The minimum atomic E-state index is -2.93. The van der Waals surface area contributed by atoms with Gasteiger partial charge in [-0.25, -0.2) is 0 Å². The highest BCUT2D eigenvalue weighted by Crippen LogP contribution is 2.41. The predicted octanol–water partition coefficient (Wildman–Crippen LogP) is 3.77. The minimum Gasteiger partial charge on any atom is -0.435 e. The number of hydrogen-bond donors (Lipinski definition) is 2. The number of anilines is 1. The number of alkyl halides is 2. The fourth-order valence-corrected chi connectivity index (χ4v) is 4.30. The van der Waals surface area contributed by atoms with Crippen molar-refractivity contribution in [3.63, 3.8) is 0 Å². The van der Waals surface area contributed by atoms with Crippen molar-refractivity contribution in [3.05, 3.63) is 30.0 Å². The van der Waals surface area contributed by atoms with E-state index in [0.717, 1.165) is 12.2 Å². The molecule has 1 saturated carbocycles. The number of aliphatic hydroxyl groups is 1. The monoisotopic (exact) mass is 379 g/mol. The Balaban J connectivity index is 1.91. The average molecular weight is 379 g/mol. The van der Waals surface area contributed by atoms with Crippen molar-refractivity contribution in [1.82, 2.24) is 4.98 Å². The van der Waals surface area contributed by atoms with Crippen LogP contribution >= 0.6 is 11.8 Å². The van der Waals surface area contributed by atoms with E-state index in [-0.39, 0.29) is 23.1 Å². The average Bonchev–Trinajstić information content (AvgIpc) is 2.62. The van der Waals surface area contributed by atoms with Crippen LogP contribution in [-0.4, -0.2) is 39.9 Å². The van der Waals surface area contributed by atoms with Crippen LogP contribution in [0.25, 0.3) is 10.9 Å². The lowest BCUT2D eigenvalue weighted by Crippen LogP contribution is -2.54. The van der Waals surface area contributed by atoms with Crippen molar-refractivity contribution in [3.8, 4) is 11.8 Å². The Morgan fingerprint density at radius 1 is 1.54 bits per heavy atom. The van der Waals surface area contributed by atoms with Gasteiger partial charge in [0, 0.05) is 23.4 Å². The van der Waals surface area contributed by atoms with Crippen molar-refractivity contribution in [1.29, 1.82) is 5.26 Å². The molecule has 1 aromatic heterocycles. The van der Waals surface area contributed by atoms with E-state index in [4.69, 9.17) is 0 Å². The molecule has 0 saturated heterocycles. The summed E-state index contributed by atoms with van der Waals surface area (Å²) in [6.07, 6.45) is 3.06. The lowest BCUT2D eigenvalue weighted by Gasteiger charge is -2.45. The van der Waals surface area contributed by atoms with Crippen LogP contribution in [0, 0.1) is 11.3 Å². The van der Waals surface area contributed by atoms with Gasteiger partial charge in [0.15, 0.2) is 0 Å². The van der Waals surface area contributed by atoms with Crippen LogP contribution in [0.4, 0.5) is 14.5 Å². The summed E-state index contributed by atoms with van der Waals surface area (Å²) in [4.78, 5) is 4.18. The number of fused-ring (bicyclic) bond motifs is 1. The van der Waals surface area contributed by atoms with E-state index in [1.54, 1.807) is 17.8 Å². The number of thioether (sulfide) groups is 1. The summed E-state index contributed by atoms with van der Waals surface area (Å²) >= 11 is 1.71. The molecule has 2 unspecified atom stereocenters. The first kappa shape index (κ1) is 18.7. The molecule has 2 atom stereocenters. The highest BCUT2D eigenvalue weighted by molar-refractivity contribution is 8.00. The third kappa shape index (κ3) is 3.69. The molecule has 2 aromatic rings. The SMILES string of the molecule is CCSC1CCC1(O)CNc1c(C#N)cnc2ccc(OC(F)F)cc12. The van der Waals surface area contributed by atoms with Gasteiger partial charge in [-0.3, -0.25) is 4.98 Å². The second kappa shape index (κ2) is 7.64. The molecule has 5 nitrogen and oxygen atoms in total. The number of nitrogens with one attached hydrogen (secondary N) is 1. The molecule has 0 radical (unpaired) electrons. The van der Waals surface area contributed by atoms with Crippen molar-refractivity contribution in [2.75, 3.05) is 17.6 Å². The molecule has 138 valence electrons. The fourth-order valence-electron chi connectivity index (χ4n) is 3.10. The Morgan fingerprint density at radius 2 is 2.35 bits per heavy atom. The predicted molar refractivity (Wildman–Crippen MR) is 97.7 cm³/mol. The maximum atomic E-state index is 12.5. The number of halogens is 2. The number of aromatic nitrogens is 1. The van der Waals surface area contributed by atoms with Crippen molar-refractivity contribution < 1.29 is 18.6 Å². The summed E-state index contributed by atoms with van der Waals surface area (Å²) in [5.74, 6) is 0.914. The Labute approximate surface area is 154 Å². The Bertz CT molecular complexity index is 843. The van der Waals surface area contributed by atoms with Crippen LogP contribution < -0.4 is 10.1 Å². The van der Waals surface area contributed by atoms with Crippen LogP contribution in [0.3, 0.4) is 0 Å². The van der Waals surface area contributed by atoms with Crippen molar-refractivity contribution in [2.24, 2.45) is 0 Å². The van der Waals surface area contributed by atoms with E-state index in [1.807, 2.05) is 6.92 Å². The Kier molecular flexibility index (Phi) is 5.49. The second-order valence-electron chi connectivity index (χ2n) is 6.16. The zero-order chi connectivity index (χ0) is 18.7. The number of nitrogens with zero attached hydrogens (tertiary/aromatic N) is 2. The molecule has 0 amide bonds. The largest absolute Gasteiger partial charge is 0.435 e. The molecule has 1 aliphatic carbocycles. The second-order valence-corrected chi connectivity index (χ2v) is 7.64. The normalized spacial score (nSPS) is 22.1. The maximum absolute atomic E-state index is 12.5. The number of benzene rings is 1. The standard InChI is InChI=1S/C18H19F2N3O2S/c1-2-26-15-5-6-18(15,24)10-23-16-11(8-21)9-22-14-4-3-12(7-13(14)16)25-17(19)20/h3-4,7,9,15,17,24H,2,5-6,10H2,1H3,(H,22,23). The van der Waals surface area contributed by atoms with Gasteiger partial charge in [-0.15, -0.1) is 0 Å². The summed E-state index contributed by atoms with van der Waals surface area (Å²) in [5.41, 5.74) is 0.459. The van der Waals surface area contributed by atoms with E-state index in [1.165, 1.54) is 18.3 Å². The maximum Gasteiger partial charge on any atom is 0.387 e. The number of hydrogen-bond acceptors (Lipinski definition) is 6. The molecular weight excluding hydrogens is 360 g/mol. The summed E-state index contributed by atoms with van der Waals surface area (Å²) in [6, 6.07) is 6.46. The summed E-state index contributed by atoms with van der Waals surface area (Å²) in [6.45, 7) is -0.609. The third-order valence-corrected chi connectivity index (χ3v) is 5.97. The molecular formula is C18H19F2N3O2S. The van der Waals surface area contributed by atoms with Gasteiger partial charge < -0.3 is 15.2 Å². The van der Waals surface area contributed by atoms with Crippen molar-refractivity contribution >= 4 is 28.4 Å². The van der Waals surface area contributed by atoms with Crippen LogP contribution in [0.1, 0.15) is 25.3 Å². The molecule has 0 spiro atoms. The van der Waals surface area contributed by atoms with Gasteiger partial charge in [0.05, 0.1) is 22.4 Å². The van der Waals surface area contributed by atoms with E-state index in [2.05, 4.69) is 21.1 Å². The van der Waals surface area contributed by atoms with Gasteiger partial charge in [0.1, 0.15) is 11.8 Å². The van der Waals surface area contributed by atoms with Gasteiger partial charge in [0.2, 0.25) is 0 Å². The van der Waals surface area contributed by atoms with Gasteiger partial charge >= 0.3 is 6.61 Å². The first-order valence-corrected chi connectivity index (χ1v) is 9.37. The first-order chi connectivity index (χ1) is 12.5. The van der Waals surface area contributed by atoms with Crippen molar-refractivity contribution in [2.45, 2.75) is 37.2 Å². The topological polar surface area (TPSA) is 78.2 Å². The summed E-state index contributed by atoms with van der Waals surface area (Å²) in [7, 11) is 0. The molecule has 1 aliphatic rings. The summed E-state index contributed by atoms with van der Waals surface area (Å²) in [5, 5.41) is 24.0. The highest BCUT2D eigenvalue weighted by Gasteiger charge is 2.45. The summed E-state index contributed by atoms with van der Waals surface area (Å²) < 4.78 is 29.5. The van der Waals surface area contributed by atoms with Crippen LogP contribution in [0.15, 0.2) is 24.4 Å². The molecule has 0 bridgehead atoms. The molecule has 3 rings (SSSR count). The molecule has 0 aliphatic heterocycles. The van der Waals surface area contributed by atoms with Gasteiger partial charge in [0.25, 0.3) is 0 Å². The molecule has 1 heterocycles. The smallest absolute Gasteiger partial charge is 0.387 e. The quantitative estimate of drug-likeness (QED) is 0.763. The number of pyridine rings is 1. The fraction of sp³-hybridized carbons (Fsp3) is 0.444. The zero-order valence-electron chi connectivity index (χ0n) is 14.2. The van der Waals surface area contributed by atoms with E-state index < -0.39 is 12.2 Å². The van der Waals surface area contributed by atoms with E-state index in [9.17, 15) is 19.1 Å². The van der Waals surface area contributed by atoms with Crippen LogP contribution in [0.5, 0.6) is 5.75 Å².